The van der Waals surface area contributed by atoms with E-state index in [-0.39, 0.29) is 18.1 Å². The van der Waals surface area contributed by atoms with Gasteiger partial charge in [0.05, 0.1) is 24.8 Å². The molecule has 0 bridgehead atoms. The topological polar surface area (TPSA) is 113 Å². The highest BCUT2D eigenvalue weighted by Crippen LogP contribution is 2.34. The molecule has 3 heterocycles. The number of thioether (sulfide) groups is 1. The number of rotatable bonds is 9. The molecule has 174 valence electrons. The fourth-order valence-electron chi connectivity index (χ4n) is 3.72. The SMILES string of the molecule is COc1cc2c(cc1OC)CN(C(=O)CSc1nnc(-c3cccs3)n1CCC(N)=O)CC2. The molecular formula is C22H25N5O4S2. The number of amides is 2. The summed E-state index contributed by atoms with van der Waals surface area (Å²) < 4.78 is 12.7. The van der Waals surface area contributed by atoms with Crippen LogP contribution in [0.4, 0.5) is 0 Å². The fourth-order valence-corrected chi connectivity index (χ4v) is 5.31. The van der Waals surface area contributed by atoms with Crippen LogP contribution in [0.2, 0.25) is 0 Å². The molecule has 0 radical (unpaired) electrons. The van der Waals surface area contributed by atoms with Crippen molar-refractivity contribution < 1.29 is 19.1 Å². The zero-order valence-corrected chi connectivity index (χ0v) is 20.1. The Labute approximate surface area is 199 Å². The summed E-state index contributed by atoms with van der Waals surface area (Å²) in [6.45, 7) is 1.52. The highest BCUT2D eigenvalue weighted by Gasteiger charge is 2.24. The molecule has 33 heavy (non-hydrogen) atoms. The van der Waals surface area contributed by atoms with Gasteiger partial charge in [0.25, 0.3) is 0 Å². The van der Waals surface area contributed by atoms with Gasteiger partial charge in [0.15, 0.2) is 22.5 Å². The molecule has 2 amide bonds. The van der Waals surface area contributed by atoms with Crippen molar-refractivity contribution in [1.82, 2.24) is 19.7 Å². The molecule has 0 spiro atoms. The van der Waals surface area contributed by atoms with E-state index in [0.29, 0.717) is 42.1 Å². The van der Waals surface area contributed by atoms with Gasteiger partial charge in [-0.3, -0.25) is 9.59 Å². The number of ether oxygens (including phenoxy) is 2. The second kappa shape index (κ2) is 10.3. The van der Waals surface area contributed by atoms with E-state index in [1.165, 1.54) is 11.8 Å². The van der Waals surface area contributed by atoms with Crippen LogP contribution in [0.3, 0.4) is 0 Å². The summed E-state index contributed by atoms with van der Waals surface area (Å²) >= 11 is 2.86. The Bertz CT molecular complexity index is 1150. The number of methoxy groups -OCH3 is 2. The first-order chi connectivity index (χ1) is 16.0. The zero-order valence-electron chi connectivity index (χ0n) is 18.4. The van der Waals surface area contributed by atoms with Crippen LogP contribution in [-0.2, 0) is 29.1 Å². The van der Waals surface area contributed by atoms with Crippen LogP contribution in [-0.4, -0.2) is 58.0 Å². The molecule has 3 aromatic rings. The number of nitrogens with zero attached hydrogens (tertiary/aromatic N) is 4. The van der Waals surface area contributed by atoms with Gasteiger partial charge in [-0.15, -0.1) is 21.5 Å². The number of thiophene rings is 1. The molecule has 0 fully saturated rings. The van der Waals surface area contributed by atoms with E-state index in [2.05, 4.69) is 10.2 Å². The maximum absolute atomic E-state index is 13.0. The van der Waals surface area contributed by atoms with Gasteiger partial charge in [0.1, 0.15) is 0 Å². The summed E-state index contributed by atoms with van der Waals surface area (Å²) in [5, 5.41) is 11.1. The summed E-state index contributed by atoms with van der Waals surface area (Å²) in [6, 6.07) is 7.80. The summed E-state index contributed by atoms with van der Waals surface area (Å²) in [5.74, 6) is 1.87. The smallest absolute Gasteiger partial charge is 0.233 e. The van der Waals surface area contributed by atoms with Crippen molar-refractivity contribution in [2.24, 2.45) is 5.73 Å². The summed E-state index contributed by atoms with van der Waals surface area (Å²) in [5.41, 5.74) is 7.57. The maximum Gasteiger partial charge on any atom is 0.233 e. The summed E-state index contributed by atoms with van der Waals surface area (Å²) in [7, 11) is 3.22. The van der Waals surface area contributed by atoms with E-state index >= 15 is 0 Å². The lowest BCUT2D eigenvalue weighted by molar-refractivity contribution is -0.129. The Hall–Kier alpha value is -3.05. The van der Waals surface area contributed by atoms with E-state index < -0.39 is 5.91 Å². The number of aromatic nitrogens is 3. The predicted molar refractivity (Wildman–Crippen MR) is 127 cm³/mol. The van der Waals surface area contributed by atoms with Crippen molar-refractivity contribution in [3.63, 3.8) is 0 Å². The van der Waals surface area contributed by atoms with Crippen molar-refractivity contribution in [1.29, 1.82) is 0 Å². The third-order valence-corrected chi connectivity index (χ3v) is 7.25. The fraction of sp³-hybridized carbons (Fsp3) is 0.364. The van der Waals surface area contributed by atoms with Crippen LogP contribution in [0, 0.1) is 0 Å². The lowest BCUT2D eigenvalue weighted by Gasteiger charge is -2.29. The van der Waals surface area contributed by atoms with E-state index in [9.17, 15) is 9.59 Å². The number of benzene rings is 1. The molecule has 1 aliphatic heterocycles. The number of carbonyl (C=O) groups is 2. The van der Waals surface area contributed by atoms with E-state index in [1.807, 2.05) is 39.1 Å². The number of hydrogen-bond donors (Lipinski definition) is 1. The van der Waals surface area contributed by atoms with Crippen molar-refractivity contribution in [2.75, 3.05) is 26.5 Å². The first kappa shape index (κ1) is 23.1. The number of carbonyl (C=O) groups excluding carboxylic acids is 2. The molecule has 0 aliphatic carbocycles. The molecule has 2 N–H and O–H groups in total. The van der Waals surface area contributed by atoms with Crippen LogP contribution in [0.25, 0.3) is 10.7 Å². The average Bonchev–Trinajstić information content (AvgIpc) is 3.49. The molecular weight excluding hydrogens is 462 g/mol. The molecule has 0 saturated carbocycles. The number of fused-ring (bicyclic) bond motifs is 1. The minimum absolute atomic E-state index is 0.0163. The van der Waals surface area contributed by atoms with Crippen molar-refractivity contribution in [2.45, 2.75) is 31.1 Å². The lowest BCUT2D eigenvalue weighted by atomic mass is 9.99. The minimum Gasteiger partial charge on any atom is -0.493 e. The molecule has 1 aromatic carbocycles. The highest BCUT2D eigenvalue weighted by atomic mass is 32.2. The van der Waals surface area contributed by atoms with Gasteiger partial charge >= 0.3 is 0 Å². The number of nitrogens with two attached hydrogens (primary N) is 1. The van der Waals surface area contributed by atoms with E-state index in [4.69, 9.17) is 15.2 Å². The lowest BCUT2D eigenvalue weighted by Crippen LogP contribution is -2.37. The Balaban J connectivity index is 1.45. The molecule has 0 unspecified atom stereocenters. The van der Waals surface area contributed by atoms with Crippen LogP contribution in [0.5, 0.6) is 11.5 Å². The van der Waals surface area contributed by atoms with Gasteiger partial charge in [-0.1, -0.05) is 17.8 Å². The summed E-state index contributed by atoms with van der Waals surface area (Å²) in [6.07, 6.45) is 0.926. The van der Waals surface area contributed by atoms with Gasteiger partial charge in [0, 0.05) is 26.1 Å². The molecule has 1 aliphatic rings. The molecule has 0 saturated heterocycles. The standard InChI is InChI=1S/C22H25N5O4S2/c1-30-16-10-14-5-7-26(12-15(14)11-17(16)31-2)20(29)13-33-22-25-24-21(18-4-3-9-32-18)27(22)8-6-19(23)28/h3-4,9-11H,5-8,12-13H2,1-2H3,(H2,23,28). The van der Waals surface area contributed by atoms with Gasteiger partial charge < -0.3 is 24.7 Å². The van der Waals surface area contributed by atoms with Gasteiger partial charge in [-0.05, 0) is 41.1 Å². The maximum atomic E-state index is 13.0. The Kier molecular flexibility index (Phi) is 7.19. The quantitative estimate of drug-likeness (QED) is 0.462. The Morgan fingerprint density at radius 1 is 1.18 bits per heavy atom. The number of primary amides is 1. The third-order valence-electron chi connectivity index (χ3n) is 5.44. The minimum atomic E-state index is -0.396. The van der Waals surface area contributed by atoms with Gasteiger partial charge in [-0.2, -0.15) is 0 Å². The van der Waals surface area contributed by atoms with E-state index in [1.54, 1.807) is 25.6 Å². The normalized spacial score (nSPS) is 13.0. The summed E-state index contributed by atoms with van der Waals surface area (Å²) in [4.78, 5) is 27.1. The zero-order chi connectivity index (χ0) is 23.4. The second-order valence-electron chi connectivity index (χ2n) is 7.48. The van der Waals surface area contributed by atoms with Crippen LogP contribution in [0.1, 0.15) is 17.5 Å². The van der Waals surface area contributed by atoms with Crippen LogP contribution in [0.15, 0.2) is 34.8 Å². The number of hydrogen-bond acceptors (Lipinski definition) is 8. The highest BCUT2D eigenvalue weighted by molar-refractivity contribution is 7.99. The molecule has 0 atom stereocenters. The van der Waals surface area contributed by atoms with Crippen molar-refractivity contribution in [3.8, 4) is 22.2 Å². The second-order valence-corrected chi connectivity index (χ2v) is 9.37. The van der Waals surface area contributed by atoms with Crippen LogP contribution >= 0.6 is 23.1 Å². The third kappa shape index (κ3) is 5.14. The van der Waals surface area contributed by atoms with Gasteiger partial charge in [-0.25, -0.2) is 0 Å². The molecule has 4 rings (SSSR count). The predicted octanol–water partition coefficient (Wildman–Crippen LogP) is 2.58. The Morgan fingerprint density at radius 2 is 1.94 bits per heavy atom. The van der Waals surface area contributed by atoms with Gasteiger partial charge in [0.2, 0.25) is 11.8 Å². The Morgan fingerprint density at radius 3 is 2.61 bits per heavy atom. The van der Waals surface area contributed by atoms with Crippen molar-refractivity contribution in [3.05, 3.63) is 40.8 Å². The molecule has 2 aromatic heterocycles. The molecule has 9 nitrogen and oxygen atoms in total. The van der Waals surface area contributed by atoms with Crippen LogP contribution < -0.4 is 15.2 Å². The largest absolute Gasteiger partial charge is 0.493 e. The first-order valence-corrected chi connectivity index (χ1v) is 12.3. The average molecular weight is 488 g/mol. The first-order valence-electron chi connectivity index (χ1n) is 10.4. The van der Waals surface area contributed by atoms with Crippen molar-refractivity contribution >= 4 is 34.9 Å². The molecule has 11 heteroatoms. The van der Waals surface area contributed by atoms with E-state index in [0.717, 1.165) is 22.4 Å². The monoisotopic (exact) mass is 487 g/mol.